The van der Waals surface area contributed by atoms with Crippen LogP contribution in [0.4, 0.5) is 5.69 Å². The van der Waals surface area contributed by atoms with E-state index in [9.17, 15) is 16.8 Å². The van der Waals surface area contributed by atoms with Crippen LogP contribution in [-0.2, 0) is 20.0 Å². The van der Waals surface area contributed by atoms with Crippen LogP contribution in [0.2, 0.25) is 10.0 Å². The molecule has 0 saturated heterocycles. The Morgan fingerprint density at radius 1 is 0.905 bits per heavy atom. The van der Waals surface area contributed by atoms with Gasteiger partial charge in [-0.15, -0.1) is 0 Å². The van der Waals surface area contributed by atoms with Crippen LogP contribution < -0.4 is 3.71 Å². The highest BCUT2D eigenvalue weighted by molar-refractivity contribution is 8.10. The van der Waals surface area contributed by atoms with Gasteiger partial charge in [0.15, 0.2) is 0 Å². The number of halogens is 2. The fourth-order valence-electron chi connectivity index (χ4n) is 1.35. The van der Waals surface area contributed by atoms with Crippen molar-refractivity contribution >= 4 is 48.9 Å². The first kappa shape index (κ1) is 20.5. The van der Waals surface area contributed by atoms with Crippen molar-refractivity contribution in [2.75, 3.05) is 15.2 Å². The van der Waals surface area contributed by atoms with Crippen LogP contribution in [0.5, 0.6) is 0 Å². The molecular weight excluding hydrogens is 357 g/mol. The molecule has 1 aromatic rings. The van der Waals surface area contributed by atoms with Crippen LogP contribution in [0.3, 0.4) is 0 Å². The summed E-state index contributed by atoms with van der Waals surface area (Å²) in [5.41, 5.74) is -0.227. The molecule has 1 rings (SSSR count). The molecule has 0 amide bonds. The quantitative estimate of drug-likeness (QED) is 0.788. The lowest BCUT2D eigenvalue weighted by Crippen LogP contribution is -2.39. The lowest BCUT2D eigenvalue weighted by atomic mass is 10.3. The van der Waals surface area contributed by atoms with Crippen molar-refractivity contribution in [2.45, 2.75) is 27.7 Å². The van der Waals surface area contributed by atoms with E-state index in [4.69, 9.17) is 23.2 Å². The molecule has 21 heavy (non-hydrogen) atoms. The lowest BCUT2D eigenvalue weighted by Gasteiger charge is -2.24. The van der Waals surface area contributed by atoms with Gasteiger partial charge in [-0.1, -0.05) is 43.1 Å². The third kappa shape index (κ3) is 4.74. The summed E-state index contributed by atoms with van der Waals surface area (Å²) in [5.74, 6) is -0.762. The third-order valence-corrected chi connectivity index (χ3v) is 7.16. The molecule has 0 aliphatic carbocycles. The Balaban J connectivity index is 0.00000191. The average Bonchev–Trinajstić information content (AvgIpc) is 2.44. The first-order valence-corrected chi connectivity index (χ1v) is 10.3. The molecule has 9 heteroatoms. The first-order valence-electron chi connectivity index (χ1n) is 6.37. The van der Waals surface area contributed by atoms with Gasteiger partial charge >= 0.3 is 0 Å². The maximum absolute atomic E-state index is 12.0. The van der Waals surface area contributed by atoms with E-state index in [1.165, 1.54) is 32.0 Å². The molecule has 0 aromatic heterocycles. The molecular formula is C12H19Cl2NO4S2. The summed E-state index contributed by atoms with van der Waals surface area (Å²) in [7, 11) is -8.10. The Morgan fingerprint density at radius 3 is 1.52 bits per heavy atom. The van der Waals surface area contributed by atoms with Gasteiger partial charge in [-0.25, -0.2) is 16.8 Å². The second kappa shape index (κ2) is 8.22. The van der Waals surface area contributed by atoms with Crippen molar-refractivity contribution in [3.8, 4) is 0 Å². The van der Waals surface area contributed by atoms with Gasteiger partial charge in [0.2, 0.25) is 20.0 Å². The largest absolute Gasteiger partial charge is 0.248 e. The van der Waals surface area contributed by atoms with E-state index in [-0.39, 0.29) is 27.2 Å². The second-order valence-corrected chi connectivity index (χ2v) is 8.83. The van der Waals surface area contributed by atoms with Gasteiger partial charge in [0.1, 0.15) is 5.69 Å². The van der Waals surface area contributed by atoms with Crippen LogP contribution in [-0.4, -0.2) is 28.3 Å². The van der Waals surface area contributed by atoms with Crippen molar-refractivity contribution in [1.82, 2.24) is 0 Å². The number of anilines is 1. The standard InChI is InChI=1S/C10H13Cl2NO4S2.C2H6/c1-3-18(14,15)13(19(16,17)4-2)10-8(11)6-5-7-9(10)12;1-2/h5-7H,3-4H2,1-2H3;1-2H3. The monoisotopic (exact) mass is 375 g/mol. The van der Waals surface area contributed by atoms with Crippen molar-refractivity contribution in [1.29, 1.82) is 0 Å². The SMILES string of the molecule is CC.CCS(=O)(=O)N(c1c(Cl)cccc1Cl)S(=O)(=O)CC. The van der Waals surface area contributed by atoms with Crippen molar-refractivity contribution < 1.29 is 16.8 Å². The first-order chi connectivity index (χ1) is 9.67. The molecule has 0 radical (unpaired) electrons. The smallest absolute Gasteiger partial charge is 0.205 e. The Morgan fingerprint density at radius 2 is 1.24 bits per heavy atom. The minimum absolute atomic E-state index is 0.0402. The van der Waals surface area contributed by atoms with Gasteiger partial charge < -0.3 is 0 Å². The zero-order valence-corrected chi connectivity index (χ0v) is 15.4. The number of para-hydroxylation sites is 1. The minimum Gasteiger partial charge on any atom is -0.205 e. The van der Waals surface area contributed by atoms with E-state index in [1.807, 2.05) is 13.8 Å². The van der Waals surface area contributed by atoms with Crippen LogP contribution >= 0.6 is 23.2 Å². The molecule has 0 unspecified atom stereocenters. The highest BCUT2D eigenvalue weighted by Crippen LogP contribution is 2.37. The van der Waals surface area contributed by atoms with Crippen molar-refractivity contribution in [3.05, 3.63) is 28.2 Å². The highest BCUT2D eigenvalue weighted by atomic mass is 35.5. The van der Waals surface area contributed by atoms with Gasteiger partial charge in [0.25, 0.3) is 0 Å². The van der Waals surface area contributed by atoms with Crippen LogP contribution in [0.25, 0.3) is 0 Å². The lowest BCUT2D eigenvalue weighted by molar-refractivity contribution is 0.585. The van der Waals surface area contributed by atoms with Gasteiger partial charge in [-0.05, 0) is 26.0 Å². The van der Waals surface area contributed by atoms with E-state index < -0.39 is 20.0 Å². The van der Waals surface area contributed by atoms with Gasteiger partial charge in [-0.3, -0.25) is 0 Å². The van der Waals surface area contributed by atoms with E-state index in [1.54, 1.807) is 0 Å². The number of benzene rings is 1. The predicted molar refractivity (Wildman–Crippen MR) is 89.2 cm³/mol. The molecule has 122 valence electrons. The summed E-state index contributed by atoms with van der Waals surface area (Å²) in [6, 6.07) is 4.27. The second-order valence-electron chi connectivity index (χ2n) is 3.57. The molecule has 0 spiro atoms. The summed E-state index contributed by atoms with van der Waals surface area (Å²) >= 11 is 11.8. The third-order valence-electron chi connectivity index (χ3n) is 2.36. The molecule has 0 atom stereocenters. The summed E-state index contributed by atoms with van der Waals surface area (Å²) in [4.78, 5) is 0. The Labute approximate surface area is 137 Å². The molecule has 0 bridgehead atoms. The van der Waals surface area contributed by atoms with Crippen molar-refractivity contribution in [3.63, 3.8) is 0 Å². The normalized spacial score (nSPS) is 11.5. The Hall–Kier alpha value is -0.500. The van der Waals surface area contributed by atoms with Crippen molar-refractivity contribution in [2.24, 2.45) is 0 Å². The zero-order valence-electron chi connectivity index (χ0n) is 12.3. The fraction of sp³-hybridized carbons (Fsp3) is 0.500. The summed E-state index contributed by atoms with van der Waals surface area (Å²) in [6.45, 7) is 6.69. The van der Waals surface area contributed by atoms with Crippen LogP contribution in [0.1, 0.15) is 27.7 Å². The topological polar surface area (TPSA) is 71.5 Å². The summed E-state index contributed by atoms with van der Waals surface area (Å²) in [5, 5.41) is -0.0805. The molecule has 0 fully saturated rings. The molecule has 0 N–H and O–H groups in total. The van der Waals surface area contributed by atoms with E-state index >= 15 is 0 Å². The average molecular weight is 376 g/mol. The van der Waals surface area contributed by atoms with E-state index in [0.717, 1.165) is 0 Å². The Bertz CT molecular complexity index is 618. The van der Waals surface area contributed by atoms with Gasteiger partial charge in [0.05, 0.1) is 21.6 Å². The van der Waals surface area contributed by atoms with Gasteiger partial charge in [0, 0.05) is 0 Å². The number of hydrogen-bond acceptors (Lipinski definition) is 4. The summed E-state index contributed by atoms with van der Waals surface area (Å²) in [6.07, 6.45) is 0. The molecule has 1 aromatic carbocycles. The highest BCUT2D eigenvalue weighted by Gasteiger charge is 2.34. The van der Waals surface area contributed by atoms with Gasteiger partial charge in [-0.2, -0.15) is 3.71 Å². The number of rotatable bonds is 5. The maximum Gasteiger partial charge on any atom is 0.248 e. The summed E-state index contributed by atoms with van der Waals surface area (Å²) < 4.78 is 48.5. The predicted octanol–water partition coefficient (Wildman–Crippen LogP) is 3.53. The molecule has 0 saturated carbocycles. The van der Waals surface area contributed by atoms with E-state index in [2.05, 4.69) is 0 Å². The molecule has 5 nitrogen and oxygen atoms in total. The number of sulfonamides is 2. The number of hydrogen-bond donors (Lipinski definition) is 0. The molecule has 0 aliphatic heterocycles. The van der Waals surface area contributed by atoms with Crippen LogP contribution in [0.15, 0.2) is 18.2 Å². The maximum atomic E-state index is 12.0. The Kier molecular flexibility index (Phi) is 8.02. The number of nitrogens with zero attached hydrogens (tertiary/aromatic N) is 1. The van der Waals surface area contributed by atoms with E-state index in [0.29, 0.717) is 3.71 Å². The van der Waals surface area contributed by atoms with Crippen LogP contribution in [0, 0.1) is 0 Å². The molecule has 0 aliphatic rings. The molecule has 0 heterocycles. The minimum atomic E-state index is -4.05. The zero-order chi connectivity index (χ0) is 16.8. The fourth-order valence-corrected chi connectivity index (χ4v) is 5.55.